The molecule has 0 aromatic carbocycles. The summed E-state index contributed by atoms with van der Waals surface area (Å²) in [4.78, 5) is 13.9. The first-order valence-corrected chi connectivity index (χ1v) is 3.97. The van der Waals surface area contributed by atoms with Crippen LogP contribution in [0.2, 0.25) is 0 Å². The zero-order valence-corrected chi connectivity index (χ0v) is 7.16. The molecule has 0 spiro atoms. The third-order valence-corrected chi connectivity index (χ3v) is 1.80. The number of hydrogen-bond donors (Lipinski definition) is 2. The minimum absolute atomic E-state index is 0.117. The highest BCUT2D eigenvalue weighted by molar-refractivity contribution is 5.57. The van der Waals surface area contributed by atoms with Gasteiger partial charge in [-0.05, 0) is 25.1 Å². The van der Waals surface area contributed by atoms with E-state index in [1.807, 2.05) is 13.0 Å². The van der Waals surface area contributed by atoms with Crippen molar-refractivity contribution in [1.29, 1.82) is 0 Å². The highest BCUT2D eigenvalue weighted by Crippen LogP contribution is 2.11. The molecule has 0 unspecified atom stereocenters. The van der Waals surface area contributed by atoms with Crippen molar-refractivity contribution in [3.63, 3.8) is 0 Å². The molecule has 2 aromatic rings. The molecule has 0 radical (unpaired) electrons. The van der Waals surface area contributed by atoms with E-state index in [1.54, 1.807) is 18.3 Å². The van der Waals surface area contributed by atoms with E-state index in [9.17, 15) is 4.79 Å². The fraction of sp³-hybridized carbons (Fsp3) is 0.111. The van der Waals surface area contributed by atoms with Crippen LogP contribution in [-0.4, -0.2) is 15.2 Å². The molecular weight excluding hydrogens is 166 g/mol. The summed E-state index contributed by atoms with van der Waals surface area (Å²) in [7, 11) is 0. The molecule has 2 N–H and O–H groups in total. The summed E-state index contributed by atoms with van der Waals surface area (Å²) >= 11 is 0. The Morgan fingerprint density at radius 2 is 2.31 bits per heavy atom. The number of pyridine rings is 1. The zero-order valence-electron chi connectivity index (χ0n) is 7.16. The van der Waals surface area contributed by atoms with Crippen molar-refractivity contribution >= 4 is 0 Å². The van der Waals surface area contributed by atoms with Gasteiger partial charge in [0.2, 0.25) is 0 Å². The van der Waals surface area contributed by atoms with Crippen LogP contribution in [-0.2, 0) is 0 Å². The Kier molecular flexibility index (Phi) is 1.73. The van der Waals surface area contributed by atoms with Crippen LogP contribution in [0.5, 0.6) is 0 Å². The maximum atomic E-state index is 11.3. The van der Waals surface area contributed by atoms with Gasteiger partial charge >= 0.3 is 0 Å². The predicted octanol–water partition coefficient (Wildman–Crippen LogP) is 1.07. The summed E-state index contributed by atoms with van der Waals surface area (Å²) in [6.07, 6.45) is 1.60. The number of aromatic nitrogens is 3. The number of aromatic amines is 2. The number of rotatable bonds is 1. The van der Waals surface area contributed by atoms with E-state index < -0.39 is 0 Å². The summed E-state index contributed by atoms with van der Waals surface area (Å²) in [6.45, 7) is 1.90. The average Bonchev–Trinajstić information content (AvgIpc) is 2.53. The highest BCUT2D eigenvalue weighted by Gasteiger charge is 2.04. The molecule has 0 bridgehead atoms. The summed E-state index contributed by atoms with van der Waals surface area (Å²) in [6, 6.07) is 5.36. The van der Waals surface area contributed by atoms with Crippen molar-refractivity contribution in [3.8, 4) is 11.3 Å². The SMILES string of the molecule is Cc1cc(-c2ccc[nH]c2=O)n[nH]1. The number of aryl methyl sites for hydroxylation is 1. The molecule has 0 saturated carbocycles. The summed E-state index contributed by atoms with van der Waals surface area (Å²) in [5.41, 5.74) is 2.10. The average molecular weight is 175 g/mol. The largest absolute Gasteiger partial charge is 0.329 e. The quantitative estimate of drug-likeness (QED) is 0.681. The molecule has 4 heteroatoms. The molecule has 2 heterocycles. The molecule has 0 fully saturated rings. The van der Waals surface area contributed by atoms with Gasteiger partial charge in [-0.1, -0.05) is 0 Å². The molecule has 0 aliphatic carbocycles. The second kappa shape index (κ2) is 2.90. The summed E-state index contributed by atoms with van der Waals surface area (Å²) in [5.74, 6) is 0. The second-order valence-electron chi connectivity index (χ2n) is 2.85. The summed E-state index contributed by atoms with van der Waals surface area (Å²) < 4.78 is 0. The molecule has 2 rings (SSSR count). The molecule has 2 aromatic heterocycles. The first-order valence-electron chi connectivity index (χ1n) is 3.97. The van der Waals surface area contributed by atoms with Gasteiger partial charge in [0, 0.05) is 11.9 Å². The normalized spacial score (nSPS) is 10.2. The molecule has 13 heavy (non-hydrogen) atoms. The smallest absolute Gasteiger partial charge is 0.257 e. The van der Waals surface area contributed by atoms with Crippen LogP contribution in [0.4, 0.5) is 0 Å². The molecule has 0 amide bonds. The van der Waals surface area contributed by atoms with Gasteiger partial charge < -0.3 is 4.98 Å². The van der Waals surface area contributed by atoms with Crippen molar-refractivity contribution in [1.82, 2.24) is 15.2 Å². The number of nitrogens with zero attached hydrogens (tertiary/aromatic N) is 1. The Morgan fingerprint density at radius 1 is 1.46 bits per heavy atom. The van der Waals surface area contributed by atoms with Gasteiger partial charge in [-0.15, -0.1) is 0 Å². The minimum atomic E-state index is -0.117. The third kappa shape index (κ3) is 1.38. The highest BCUT2D eigenvalue weighted by atomic mass is 16.1. The zero-order chi connectivity index (χ0) is 9.26. The maximum Gasteiger partial charge on any atom is 0.257 e. The Morgan fingerprint density at radius 3 is 2.92 bits per heavy atom. The van der Waals surface area contributed by atoms with Gasteiger partial charge in [0.05, 0.1) is 11.3 Å². The summed E-state index contributed by atoms with van der Waals surface area (Å²) in [5, 5.41) is 6.79. The van der Waals surface area contributed by atoms with Gasteiger partial charge in [0.25, 0.3) is 5.56 Å². The van der Waals surface area contributed by atoms with Crippen molar-refractivity contribution in [2.24, 2.45) is 0 Å². The van der Waals surface area contributed by atoms with Crippen LogP contribution in [0, 0.1) is 6.92 Å². The Bertz CT molecular complexity index is 469. The predicted molar refractivity (Wildman–Crippen MR) is 49.4 cm³/mol. The van der Waals surface area contributed by atoms with E-state index in [2.05, 4.69) is 15.2 Å². The molecule has 0 saturated heterocycles. The van der Waals surface area contributed by atoms with Gasteiger partial charge in [-0.2, -0.15) is 5.10 Å². The molecule has 0 aliphatic rings. The molecule has 0 aliphatic heterocycles. The van der Waals surface area contributed by atoms with Gasteiger partial charge in [-0.25, -0.2) is 0 Å². The molecular formula is C9H9N3O. The lowest BCUT2D eigenvalue weighted by Gasteiger charge is -1.91. The van der Waals surface area contributed by atoms with Gasteiger partial charge in [0.15, 0.2) is 0 Å². The first-order chi connectivity index (χ1) is 6.27. The number of hydrogen-bond acceptors (Lipinski definition) is 2. The molecule has 0 atom stereocenters. The van der Waals surface area contributed by atoms with Crippen LogP contribution in [0.1, 0.15) is 5.69 Å². The minimum Gasteiger partial charge on any atom is -0.329 e. The lowest BCUT2D eigenvalue weighted by atomic mass is 10.2. The Labute approximate surface area is 74.6 Å². The third-order valence-electron chi connectivity index (χ3n) is 1.80. The van der Waals surface area contributed by atoms with Crippen molar-refractivity contribution in [2.45, 2.75) is 6.92 Å². The van der Waals surface area contributed by atoms with E-state index in [0.717, 1.165) is 5.69 Å². The standard InChI is InChI=1S/C9H9N3O/c1-6-5-8(12-11-6)7-3-2-4-10-9(7)13/h2-5H,1H3,(H,10,13)(H,11,12). The fourth-order valence-corrected chi connectivity index (χ4v) is 1.18. The topological polar surface area (TPSA) is 61.5 Å². The lowest BCUT2D eigenvalue weighted by Crippen LogP contribution is -2.06. The van der Waals surface area contributed by atoms with Crippen LogP contribution < -0.4 is 5.56 Å². The van der Waals surface area contributed by atoms with Crippen molar-refractivity contribution in [3.05, 3.63) is 40.4 Å². The van der Waals surface area contributed by atoms with E-state index >= 15 is 0 Å². The van der Waals surface area contributed by atoms with E-state index in [0.29, 0.717) is 11.3 Å². The Hall–Kier alpha value is -1.84. The monoisotopic (exact) mass is 175 g/mol. The van der Waals surface area contributed by atoms with Crippen LogP contribution in [0.25, 0.3) is 11.3 Å². The number of H-pyrrole nitrogens is 2. The lowest BCUT2D eigenvalue weighted by molar-refractivity contribution is 1.05. The number of nitrogens with one attached hydrogen (secondary N) is 2. The van der Waals surface area contributed by atoms with E-state index in [1.165, 1.54) is 0 Å². The van der Waals surface area contributed by atoms with Crippen molar-refractivity contribution < 1.29 is 0 Å². The maximum absolute atomic E-state index is 11.3. The van der Waals surface area contributed by atoms with E-state index in [4.69, 9.17) is 0 Å². The van der Waals surface area contributed by atoms with Crippen molar-refractivity contribution in [2.75, 3.05) is 0 Å². The second-order valence-corrected chi connectivity index (χ2v) is 2.85. The van der Waals surface area contributed by atoms with E-state index in [-0.39, 0.29) is 5.56 Å². The molecule has 4 nitrogen and oxygen atoms in total. The van der Waals surface area contributed by atoms with Gasteiger partial charge in [0.1, 0.15) is 0 Å². The van der Waals surface area contributed by atoms with Gasteiger partial charge in [-0.3, -0.25) is 9.89 Å². The van der Waals surface area contributed by atoms with Crippen LogP contribution in [0.15, 0.2) is 29.2 Å². The Balaban J connectivity index is 2.59. The van der Waals surface area contributed by atoms with Crippen LogP contribution in [0.3, 0.4) is 0 Å². The fourth-order valence-electron chi connectivity index (χ4n) is 1.18. The first kappa shape index (κ1) is 7.79. The molecule has 66 valence electrons. The van der Waals surface area contributed by atoms with Crippen LogP contribution >= 0.6 is 0 Å².